The number of carbonyl (C=O) groups is 2. The number of carbonyl (C=O) groups excluding carboxylic acids is 2. The number of thiol groups is 2. The van der Waals surface area contributed by atoms with E-state index in [1.807, 2.05) is 13.8 Å². The molecule has 1 aliphatic carbocycles. The van der Waals surface area contributed by atoms with E-state index < -0.39 is 34.6 Å². The van der Waals surface area contributed by atoms with Gasteiger partial charge in [-0.1, -0.05) is 38.2 Å². The first kappa shape index (κ1) is 18.2. The number of hydrogen-bond acceptors (Lipinski definition) is 6. The van der Waals surface area contributed by atoms with Gasteiger partial charge in [-0.15, -0.1) is 25.3 Å². The van der Waals surface area contributed by atoms with Crippen molar-refractivity contribution in [1.29, 1.82) is 0 Å². The van der Waals surface area contributed by atoms with E-state index in [0.717, 1.165) is 5.57 Å². The molecular formula is C15H22O4S2. The fourth-order valence-electron chi connectivity index (χ4n) is 1.92. The Morgan fingerprint density at radius 3 is 2.29 bits per heavy atom. The van der Waals surface area contributed by atoms with E-state index in [4.69, 9.17) is 9.47 Å². The van der Waals surface area contributed by atoms with Crippen LogP contribution < -0.4 is 0 Å². The second-order valence-corrected chi connectivity index (χ2v) is 6.11. The van der Waals surface area contributed by atoms with Crippen LogP contribution in [0.25, 0.3) is 0 Å². The van der Waals surface area contributed by atoms with Gasteiger partial charge in [0.05, 0.1) is 11.8 Å². The minimum absolute atomic E-state index is 0.378. The molecule has 21 heavy (non-hydrogen) atoms. The van der Waals surface area contributed by atoms with Crippen LogP contribution >= 0.6 is 25.3 Å². The number of hydrogen-bond donors (Lipinski definition) is 2. The molecule has 0 N–H and O–H groups in total. The molecule has 0 saturated heterocycles. The van der Waals surface area contributed by atoms with Gasteiger partial charge in [-0.05, 0) is 19.3 Å². The predicted molar refractivity (Wildman–Crippen MR) is 88.2 cm³/mol. The number of esters is 2. The summed E-state index contributed by atoms with van der Waals surface area (Å²) in [5.41, 5.74) is -0.159. The van der Waals surface area contributed by atoms with Crippen molar-refractivity contribution in [1.82, 2.24) is 0 Å². The largest absolute Gasteiger partial charge is 0.451 e. The maximum Gasteiger partial charge on any atom is 0.314 e. The Kier molecular flexibility index (Phi) is 7.39. The van der Waals surface area contributed by atoms with Gasteiger partial charge in [-0.25, -0.2) is 0 Å². The lowest BCUT2D eigenvalue weighted by Crippen LogP contribution is -2.35. The molecule has 0 aliphatic heterocycles. The Balaban J connectivity index is 2.82. The Morgan fingerprint density at radius 1 is 1.24 bits per heavy atom. The van der Waals surface area contributed by atoms with Crippen LogP contribution in [0.1, 0.15) is 33.1 Å². The molecule has 1 aliphatic rings. The van der Waals surface area contributed by atoms with Gasteiger partial charge < -0.3 is 9.47 Å². The standard InChI is InChI=1S/C15H22O4S2/c1-4-12(20)18-14(16)10-7-6-9(3)8-11(10)15(17)19-13(21)5-2/h6-7,10-13,20-21H,3-5,8H2,1-2H3. The highest BCUT2D eigenvalue weighted by atomic mass is 32.1. The van der Waals surface area contributed by atoms with Crippen LogP contribution in [-0.2, 0) is 19.1 Å². The molecule has 0 saturated carbocycles. The Morgan fingerprint density at radius 2 is 1.76 bits per heavy atom. The van der Waals surface area contributed by atoms with Crippen LogP contribution in [0, 0.1) is 11.8 Å². The van der Waals surface area contributed by atoms with Gasteiger partial charge in [0.1, 0.15) is 10.9 Å². The van der Waals surface area contributed by atoms with Crippen molar-refractivity contribution in [3.8, 4) is 0 Å². The van der Waals surface area contributed by atoms with E-state index in [1.54, 1.807) is 12.2 Å². The van der Waals surface area contributed by atoms with Crippen LogP contribution in [-0.4, -0.2) is 22.8 Å². The smallest absolute Gasteiger partial charge is 0.314 e. The highest BCUT2D eigenvalue weighted by Gasteiger charge is 2.37. The van der Waals surface area contributed by atoms with Gasteiger partial charge in [-0.2, -0.15) is 0 Å². The topological polar surface area (TPSA) is 52.6 Å². The molecule has 4 nitrogen and oxygen atoms in total. The summed E-state index contributed by atoms with van der Waals surface area (Å²) in [4.78, 5) is 24.4. The van der Waals surface area contributed by atoms with Crippen molar-refractivity contribution in [3.05, 3.63) is 24.3 Å². The van der Waals surface area contributed by atoms with Crippen molar-refractivity contribution in [2.24, 2.45) is 11.8 Å². The third kappa shape index (κ3) is 5.43. The minimum Gasteiger partial charge on any atom is -0.451 e. The molecular weight excluding hydrogens is 308 g/mol. The lowest BCUT2D eigenvalue weighted by Gasteiger charge is -2.27. The van der Waals surface area contributed by atoms with Gasteiger partial charge >= 0.3 is 11.9 Å². The highest BCUT2D eigenvalue weighted by molar-refractivity contribution is 7.80. The van der Waals surface area contributed by atoms with E-state index in [-0.39, 0.29) is 0 Å². The zero-order valence-corrected chi connectivity index (χ0v) is 14.1. The van der Waals surface area contributed by atoms with Crippen molar-refractivity contribution in [2.75, 3.05) is 0 Å². The molecule has 0 heterocycles. The monoisotopic (exact) mass is 330 g/mol. The maximum atomic E-state index is 12.2. The van der Waals surface area contributed by atoms with Gasteiger partial charge in [0.2, 0.25) is 0 Å². The van der Waals surface area contributed by atoms with Crippen molar-refractivity contribution in [3.63, 3.8) is 0 Å². The van der Waals surface area contributed by atoms with E-state index >= 15 is 0 Å². The third-order valence-corrected chi connectivity index (χ3v) is 4.17. The van der Waals surface area contributed by atoms with Crippen molar-refractivity contribution in [2.45, 2.75) is 44.0 Å². The summed E-state index contributed by atoms with van der Waals surface area (Å²) < 4.78 is 10.4. The van der Waals surface area contributed by atoms with E-state index in [0.29, 0.717) is 19.3 Å². The molecule has 4 unspecified atom stereocenters. The molecule has 0 aromatic rings. The van der Waals surface area contributed by atoms with Crippen LogP contribution in [0.5, 0.6) is 0 Å². The molecule has 0 spiro atoms. The number of ether oxygens (including phenoxy) is 2. The summed E-state index contributed by atoms with van der Waals surface area (Å²) in [6, 6.07) is 0. The molecule has 0 amide bonds. The molecule has 4 atom stereocenters. The lowest BCUT2D eigenvalue weighted by atomic mass is 9.82. The average molecular weight is 330 g/mol. The SMILES string of the molecule is C=C1C=CC(C(=O)OC(S)CC)C(C(=O)OC(S)CC)C1. The normalized spacial score (nSPS) is 24.3. The molecule has 0 aromatic heterocycles. The molecule has 118 valence electrons. The van der Waals surface area contributed by atoms with Gasteiger partial charge in [0.25, 0.3) is 0 Å². The number of allylic oxidation sites excluding steroid dienone is 2. The second-order valence-electron chi connectivity index (χ2n) is 4.95. The van der Waals surface area contributed by atoms with Crippen LogP contribution in [0.2, 0.25) is 0 Å². The molecule has 0 bridgehead atoms. The first-order chi connectivity index (χ1) is 9.88. The Labute approximate surface area is 136 Å². The van der Waals surface area contributed by atoms with Crippen molar-refractivity contribution < 1.29 is 19.1 Å². The zero-order valence-electron chi connectivity index (χ0n) is 12.3. The van der Waals surface area contributed by atoms with Crippen molar-refractivity contribution >= 4 is 37.2 Å². The summed E-state index contributed by atoms with van der Waals surface area (Å²) >= 11 is 8.30. The van der Waals surface area contributed by atoms with Gasteiger partial charge in [0.15, 0.2) is 0 Å². The zero-order chi connectivity index (χ0) is 16.0. The minimum atomic E-state index is -0.665. The van der Waals surface area contributed by atoms with Crippen LogP contribution in [0.4, 0.5) is 0 Å². The first-order valence-electron chi connectivity index (χ1n) is 7.02. The first-order valence-corrected chi connectivity index (χ1v) is 8.05. The Bertz CT molecular complexity index is 433. The van der Waals surface area contributed by atoms with Crippen LogP contribution in [0.15, 0.2) is 24.3 Å². The van der Waals surface area contributed by atoms with Crippen LogP contribution in [0.3, 0.4) is 0 Å². The van der Waals surface area contributed by atoms with Gasteiger partial charge in [0, 0.05) is 0 Å². The molecule has 0 fully saturated rings. The van der Waals surface area contributed by atoms with E-state index in [1.165, 1.54) is 0 Å². The summed E-state index contributed by atoms with van der Waals surface area (Å²) in [6.45, 7) is 7.56. The summed E-state index contributed by atoms with van der Waals surface area (Å²) in [5.74, 6) is -2.19. The fraction of sp³-hybridized carbons (Fsp3) is 0.600. The Hall–Kier alpha value is -0.880. The summed E-state index contributed by atoms with van der Waals surface area (Å²) in [7, 11) is 0. The molecule has 0 aromatic carbocycles. The summed E-state index contributed by atoms with van der Waals surface area (Å²) in [5, 5.41) is 0. The average Bonchev–Trinajstić information content (AvgIpc) is 2.46. The fourth-order valence-corrected chi connectivity index (χ4v) is 2.13. The molecule has 0 radical (unpaired) electrons. The molecule has 1 rings (SSSR count). The highest BCUT2D eigenvalue weighted by Crippen LogP contribution is 2.31. The third-order valence-electron chi connectivity index (χ3n) is 3.23. The summed E-state index contributed by atoms with van der Waals surface area (Å²) in [6.07, 6.45) is 4.97. The van der Waals surface area contributed by atoms with E-state index in [2.05, 4.69) is 31.8 Å². The van der Waals surface area contributed by atoms with E-state index in [9.17, 15) is 9.59 Å². The van der Waals surface area contributed by atoms with Gasteiger partial charge in [-0.3, -0.25) is 9.59 Å². The lowest BCUT2D eigenvalue weighted by molar-refractivity contribution is -0.160. The number of rotatable bonds is 6. The second kappa shape index (κ2) is 8.54. The maximum absolute atomic E-state index is 12.2. The quantitative estimate of drug-likeness (QED) is 0.446. The predicted octanol–water partition coefficient (Wildman–Crippen LogP) is 3.15. The molecule has 6 heteroatoms.